The predicted molar refractivity (Wildman–Crippen MR) is 61.8 cm³/mol. The summed E-state index contributed by atoms with van der Waals surface area (Å²) < 4.78 is 22.4. The second kappa shape index (κ2) is 6.33. The van der Waals surface area contributed by atoms with Gasteiger partial charge in [0, 0.05) is 6.04 Å². The molecule has 0 amide bonds. The molecule has 1 aromatic carbocycles. The molecule has 1 aromatic rings. The SMILES string of the molecule is COc1ccc(CC(C)N)cc1OCCF. The van der Waals surface area contributed by atoms with Crippen LogP contribution < -0.4 is 15.2 Å². The van der Waals surface area contributed by atoms with E-state index in [9.17, 15) is 4.39 Å². The summed E-state index contributed by atoms with van der Waals surface area (Å²) in [5, 5.41) is 0. The Kier molecular flexibility index (Phi) is 5.05. The van der Waals surface area contributed by atoms with Gasteiger partial charge in [0.15, 0.2) is 11.5 Å². The Morgan fingerprint density at radius 3 is 2.69 bits per heavy atom. The Bertz CT molecular complexity index is 329. The van der Waals surface area contributed by atoms with E-state index in [0.717, 1.165) is 12.0 Å². The van der Waals surface area contributed by atoms with Gasteiger partial charge in [0.05, 0.1) is 7.11 Å². The maximum Gasteiger partial charge on any atom is 0.161 e. The second-order valence-electron chi connectivity index (χ2n) is 3.70. The van der Waals surface area contributed by atoms with Crippen molar-refractivity contribution in [2.45, 2.75) is 19.4 Å². The molecule has 0 saturated carbocycles. The third-order valence-electron chi connectivity index (χ3n) is 2.12. The topological polar surface area (TPSA) is 44.5 Å². The van der Waals surface area contributed by atoms with Gasteiger partial charge in [0.2, 0.25) is 0 Å². The Hall–Kier alpha value is -1.29. The molecular weight excluding hydrogens is 209 g/mol. The average molecular weight is 227 g/mol. The quantitative estimate of drug-likeness (QED) is 0.807. The first kappa shape index (κ1) is 12.8. The fourth-order valence-corrected chi connectivity index (χ4v) is 1.48. The molecule has 0 aliphatic carbocycles. The number of hydrogen-bond donors (Lipinski definition) is 1. The van der Waals surface area contributed by atoms with E-state index in [1.54, 1.807) is 7.11 Å². The van der Waals surface area contributed by atoms with Crippen LogP contribution >= 0.6 is 0 Å². The first-order chi connectivity index (χ1) is 7.67. The van der Waals surface area contributed by atoms with Gasteiger partial charge >= 0.3 is 0 Å². The van der Waals surface area contributed by atoms with Gasteiger partial charge in [0.25, 0.3) is 0 Å². The molecule has 16 heavy (non-hydrogen) atoms. The van der Waals surface area contributed by atoms with Gasteiger partial charge in [-0.05, 0) is 31.0 Å². The number of halogens is 1. The number of benzene rings is 1. The molecule has 1 rings (SSSR count). The zero-order valence-electron chi connectivity index (χ0n) is 9.70. The predicted octanol–water partition coefficient (Wildman–Crippen LogP) is 1.93. The van der Waals surface area contributed by atoms with E-state index in [1.165, 1.54) is 0 Å². The van der Waals surface area contributed by atoms with Gasteiger partial charge in [-0.3, -0.25) is 0 Å². The number of alkyl halides is 1. The van der Waals surface area contributed by atoms with Crippen LogP contribution in [0.2, 0.25) is 0 Å². The molecule has 0 aromatic heterocycles. The van der Waals surface area contributed by atoms with Crippen LogP contribution in [0.25, 0.3) is 0 Å². The molecule has 3 nitrogen and oxygen atoms in total. The summed E-state index contributed by atoms with van der Waals surface area (Å²) in [6.07, 6.45) is 0.760. The third kappa shape index (κ3) is 3.70. The Balaban J connectivity index is 2.83. The lowest BCUT2D eigenvalue weighted by atomic mass is 10.1. The van der Waals surface area contributed by atoms with E-state index in [4.69, 9.17) is 15.2 Å². The summed E-state index contributed by atoms with van der Waals surface area (Å²) in [5.74, 6) is 1.18. The molecule has 2 N–H and O–H groups in total. The van der Waals surface area contributed by atoms with E-state index in [2.05, 4.69) is 0 Å². The Morgan fingerprint density at radius 1 is 1.38 bits per heavy atom. The maximum absolute atomic E-state index is 12.0. The van der Waals surface area contributed by atoms with Gasteiger partial charge in [0.1, 0.15) is 13.3 Å². The first-order valence-electron chi connectivity index (χ1n) is 5.28. The van der Waals surface area contributed by atoms with Crippen LogP contribution in [0.3, 0.4) is 0 Å². The van der Waals surface area contributed by atoms with Gasteiger partial charge in [-0.1, -0.05) is 6.07 Å². The molecule has 1 unspecified atom stereocenters. The zero-order valence-corrected chi connectivity index (χ0v) is 9.70. The third-order valence-corrected chi connectivity index (χ3v) is 2.12. The van der Waals surface area contributed by atoms with Crippen molar-refractivity contribution in [3.05, 3.63) is 23.8 Å². The fraction of sp³-hybridized carbons (Fsp3) is 0.500. The van der Waals surface area contributed by atoms with Crippen molar-refractivity contribution in [3.8, 4) is 11.5 Å². The van der Waals surface area contributed by atoms with Crippen molar-refractivity contribution in [1.82, 2.24) is 0 Å². The molecule has 0 aliphatic rings. The lowest BCUT2D eigenvalue weighted by molar-refractivity contribution is 0.260. The maximum atomic E-state index is 12.0. The van der Waals surface area contributed by atoms with E-state index in [-0.39, 0.29) is 12.6 Å². The highest BCUT2D eigenvalue weighted by molar-refractivity contribution is 5.43. The van der Waals surface area contributed by atoms with Gasteiger partial charge in [-0.15, -0.1) is 0 Å². The monoisotopic (exact) mass is 227 g/mol. The first-order valence-corrected chi connectivity index (χ1v) is 5.28. The van der Waals surface area contributed by atoms with Crippen LogP contribution in [-0.2, 0) is 6.42 Å². The molecule has 0 spiro atoms. The molecular formula is C12H18FNO2. The van der Waals surface area contributed by atoms with Gasteiger partial charge in [-0.25, -0.2) is 4.39 Å². The highest BCUT2D eigenvalue weighted by Gasteiger charge is 2.06. The highest BCUT2D eigenvalue weighted by Crippen LogP contribution is 2.28. The molecule has 0 bridgehead atoms. The molecule has 4 heteroatoms. The second-order valence-corrected chi connectivity index (χ2v) is 3.70. The highest BCUT2D eigenvalue weighted by atomic mass is 19.1. The van der Waals surface area contributed by atoms with Crippen molar-refractivity contribution in [3.63, 3.8) is 0 Å². The van der Waals surface area contributed by atoms with Crippen LogP contribution in [0.5, 0.6) is 11.5 Å². The normalized spacial score (nSPS) is 12.2. The molecule has 90 valence electrons. The minimum absolute atomic E-state index is 0.0397. The number of hydrogen-bond acceptors (Lipinski definition) is 3. The van der Waals surface area contributed by atoms with Crippen molar-refractivity contribution in [1.29, 1.82) is 0 Å². The molecule has 0 radical (unpaired) electrons. The lowest BCUT2D eigenvalue weighted by Gasteiger charge is -2.12. The molecule has 1 atom stereocenters. The largest absolute Gasteiger partial charge is 0.493 e. The molecule has 0 heterocycles. The Labute approximate surface area is 95.4 Å². The van der Waals surface area contributed by atoms with Crippen molar-refractivity contribution in [2.24, 2.45) is 5.73 Å². The summed E-state index contributed by atoms with van der Waals surface area (Å²) >= 11 is 0. The number of rotatable bonds is 6. The van der Waals surface area contributed by atoms with Gasteiger partial charge < -0.3 is 15.2 Å². The summed E-state index contributed by atoms with van der Waals surface area (Å²) in [7, 11) is 1.56. The van der Waals surface area contributed by atoms with Crippen molar-refractivity contribution >= 4 is 0 Å². The van der Waals surface area contributed by atoms with Gasteiger partial charge in [-0.2, -0.15) is 0 Å². The average Bonchev–Trinajstić information content (AvgIpc) is 2.25. The minimum atomic E-state index is -0.513. The van der Waals surface area contributed by atoms with Crippen molar-refractivity contribution in [2.75, 3.05) is 20.4 Å². The van der Waals surface area contributed by atoms with Crippen molar-refractivity contribution < 1.29 is 13.9 Å². The fourth-order valence-electron chi connectivity index (χ4n) is 1.48. The summed E-state index contributed by atoms with van der Waals surface area (Å²) in [5.41, 5.74) is 6.77. The summed E-state index contributed by atoms with van der Waals surface area (Å²) in [6, 6.07) is 5.68. The zero-order chi connectivity index (χ0) is 12.0. The van der Waals surface area contributed by atoms with Crippen LogP contribution in [0, 0.1) is 0 Å². The van der Waals surface area contributed by atoms with E-state index < -0.39 is 6.67 Å². The molecule has 0 saturated heterocycles. The Morgan fingerprint density at radius 2 is 2.12 bits per heavy atom. The minimum Gasteiger partial charge on any atom is -0.493 e. The number of ether oxygens (including phenoxy) is 2. The molecule has 0 aliphatic heterocycles. The summed E-state index contributed by atoms with van der Waals surface area (Å²) in [4.78, 5) is 0. The standard InChI is InChI=1S/C12H18FNO2/c1-9(14)7-10-3-4-11(15-2)12(8-10)16-6-5-13/h3-4,8-9H,5-7,14H2,1-2H3. The molecule has 0 fully saturated rings. The number of methoxy groups -OCH3 is 1. The van der Waals surface area contributed by atoms with Crippen LogP contribution in [0.1, 0.15) is 12.5 Å². The summed E-state index contributed by atoms with van der Waals surface area (Å²) in [6.45, 7) is 1.46. The smallest absolute Gasteiger partial charge is 0.161 e. The van der Waals surface area contributed by atoms with E-state index in [1.807, 2.05) is 25.1 Å². The lowest BCUT2D eigenvalue weighted by Crippen LogP contribution is -2.17. The number of nitrogens with two attached hydrogens (primary N) is 1. The van der Waals surface area contributed by atoms with Crippen LogP contribution in [-0.4, -0.2) is 26.4 Å². The van der Waals surface area contributed by atoms with E-state index in [0.29, 0.717) is 11.5 Å². The van der Waals surface area contributed by atoms with Crippen LogP contribution in [0.15, 0.2) is 18.2 Å². The van der Waals surface area contributed by atoms with Crippen LogP contribution in [0.4, 0.5) is 4.39 Å². The van der Waals surface area contributed by atoms with E-state index >= 15 is 0 Å².